The molecule has 0 radical (unpaired) electrons. The summed E-state index contributed by atoms with van der Waals surface area (Å²) < 4.78 is 0. The number of nitrogens with one attached hydrogen (secondary N) is 2. The van der Waals surface area contributed by atoms with Gasteiger partial charge in [-0.05, 0) is 56.5 Å². The molecule has 0 saturated carbocycles. The molecule has 0 aromatic carbocycles. The van der Waals surface area contributed by atoms with Gasteiger partial charge in [0, 0.05) is 13.0 Å². The number of hydrogen-bond acceptors (Lipinski definition) is 3. The minimum absolute atomic E-state index is 0. The highest BCUT2D eigenvalue weighted by Crippen LogP contribution is 2.25. The van der Waals surface area contributed by atoms with Gasteiger partial charge in [-0.3, -0.25) is 4.79 Å². The highest BCUT2D eigenvalue weighted by molar-refractivity contribution is 5.85. The second kappa shape index (κ2) is 9.65. The summed E-state index contributed by atoms with van der Waals surface area (Å²) in [6, 6.07) is 0. The van der Waals surface area contributed by atoms with E-state index in [-0.39, 0.29) is 29.8 Å². The van der Waals surface area contributed by atoms with Gasteiger partial charge < -0.3 is 15.7 Å². The molecule has 1 rings (SSSR count). The van der Waals surface area contributed by atoms with Crippen molar-refractivity contribution in [3.8, 4) is 0 Å². The molecule has 3 N–H and O–H groups in total. The summed E-state index contributed by atoms with van der Waals surface area (Å²) in [6.07, 6.45) is 3.37. The fourth-order valence-electron chi connectivity index (χ4n) is 3.15. The van der Waals surface area contributed by atoms with Crippen molar-refractivity contribution in [3.63, 3.8) is 0 Å². The Morgan fingerprint density at radius 2 is 1.90 bits per heavy atom. The van der Waals surface area contributed by atoms with Gasteiger partial charge in [-0.1, -0.05) is 20.8 Å². The fourth-order valence-corrected chi connectivity index (χ4v) is 3.15. The molecule has 2 atom stereocenters. The number of piperidine rings is 1. The van der Waals surface area contributed by atoms with Gasteiger partial charge in [0.1, 0.15) is 0 Å². The molecule has 0 aromatic rings. The maximum atomic E-state index is 12.0. The van der Waals surface area contributed by atoms with Crippen LogP contribution in [-0.4, -0.2) is 36.8 Å². The number of carbonyl (C=O) groups excluding carboxylic acids is 1. The monoisotopic (exact) mass is 320 g/mol. The smallest absolute Gasteiger partial charge is 0.220 e. The van der Waals surface area contributed by atoms with Gasteiger partial charge in [0.2, 0.25) is 5.91 Å². The number of aliphatic hydroxyl groups is 1. The average molecular weight is 321 g/mol. The van der Waals surface area contributed by atoms with Crippen LogP contribution in [0.1, 0.15) is 53.4 Å². The molecule has 1 aliphatic heterocycles. The van der Waals surface area contributed by atoms with E-state index < -0.39 is 0 Å². The van der Waals surface area contributed by atoms with Crippen molar-refractivity contribution in [2.24, 2.45) is 17.3 Å². The fraction of sp³-hybridized carbons (Fsp3) is 0.938. The second-order valence-corrected chi connectivity index (χ2v) is 7.26. The number of halogens is 1. The van der Waals surface area contributed by atoms with Gasteiger partial charge in [0.05, 0.1) is 6.10 Å². The SMILES string of the molecule is CC(O)CC(C)(C)CNC(=O)CC(C)C1CCNCC1.Cl. The number of carbonyl (C=O) groups is 1. The van der Waals surface area contributed by atoms with Crippen molar-refractivity contribution in [3.05, 3.63) is 0 Å². The third-order valence-corrected chi connectivity index (χ3v) is 4.31. The van der Waals surface area contributed by atoms with E-state index in [0.29, 0.717) is 31.2 Å². The van der Waals surface area contributed by atoms with Gasteiger partial charge >= 0.3 is 0 Å². The lowest BCUT2D eigenvalue weighted by molar-refractivity contribution is -0.122. The lowest BCUT2D eigenvalue weighted by Gasteiger charge is -2.29. The zero-order valence-corrected chi connectivity index (χ0v) is 14.8. The van der Waals surface area contributed by atoms with Gasteiger partial charge in [-0.25, -0.2) is 0 Å². The molecule has 0 aliphatic carbocycles. The summed E-state index contributed by atoms with van der Waals surface area (Å²) in [6.45, 7) is 10.9. The predicted octanol–water partition coefficient (Wildman–Crippen LogP) is 2.35. The Morgan fingerprint density at radius 3 is 2.43 bits per heavy atom. The van der Waals surface area contributed by atoms with Crippen LogP contribution in [0, 0.1) is 17.3 Å². The average Bonchev–Trinajstić information content (AvgIpc) is 2.36. The number of aliphatic hydroxyl groups excluding tert-OH is 1. The Balaban J connectivity index is 0.00000400. The van der Waals surface area contributed by atoms with Gasteiger partial charge in [-0.2, -0.15) is 0 Å². The van der Waals surface area contributed by atoms with Gasteiger partial charge in [0.15, 0.2) is 0 Å². The molecule has 4 nitrogen and oxygen atoms in total. The Labute approximate surface area is 135 Å². The number of rotatable bonds is 7. The van der Waals surface area contributed by atoms with Crippen molar-refractivity contribution >= 4 is 18.3 Å². The lowest BCUT2D eigenvalue weighted by Crippen LogP contribution is -2.37. The minimum atomic E-state index is -0.324. The van der Waals surface area contributed by atoms with Crippen LogP contribution in [0.4, 0.5) is 0 Å². The first kappa shape index (κ1) is 20.7. The van der Waals surface area contributed by atoms with Crippen molar-refractivity contribution in [1.82, 2.24) is 10.6 Å². The van der Waals surface area contributed by atoms with Crippen LogP contribution in [0.3, 0.4) is 0 Å². The van der Waals surface area contributed by atoms with E-state index in [1.165, 1.54) is 12.8 Å². The zero-order chi connectivity index (χ0) is 15.2. The molecular formula is C16H33ClN2O2. The summed E-state index contributed by atoms with van der Waals surface area (Å²) >= 11 is 0. The Morgan fingerprint density at radius 1 is 1.33 bits per heavy atom. The maximum absolute atomic E-state index is 12.0. The van der Waals surface area contributed by atoms with Crippen LogP contribution >= 0.6 is 12.4 Å². The normalized spacial score (nSPS) is 19.5. The molecule has 2 unspecified atom stereocenters. The van der Waals surface area contributed by atoms with Crippen molar-refractivity contribution < 1.29 is 9.90 Å². The topological polar surface area (TPSA) is 61.4 Å². The number of amides is 1. The standard InChI is InChI=1S/C16H32N2O2.ClH/c1-12(14-5-7-17-8-6-14)9-15(20)18-11-16(3,4)10-13(2)19;/h12-14,17,19H,5-11H2,1-4H3,(H,18,20);1H. The molecule has 0 aromatic heterocycles. The summed E-state index contributed by atoms with van der Waals surface area (Å²) in [5, 5.41) is 15.8. The molecule has 1 saturated heterocycles. The summed E-state index contributed by atoms with van der Waals surface area (Å²) in [5.74, 6) is 1.28. The van der Waals surface area contributed by atoms with Crippen LogP contribution in [0.15, 0.2) is 0 Å². The molecule has 21 heavy (non-hydrogen) atoms. The van der Waals surface area contributed by atoms with E-state index in [0.717, 1.165) is 13.1 Å². The van der Waals surface area contributed by atoms with Gasteiger partial charge in [-0.15, -0.1) is 12.4 Å². The molecule has 1 heterocycles. The van der Waals surface area contributed by atoms with Crippen LogP contribution in [-0.2, 0) is 4.79 Å². The largest absolute Gasteiger partial charge is 0.393 e. The van der Waals surface area contributed by atoms with E-state index in [4.69, 9.17) is 0 Å². The third-order valence-electron chi connectivity index (χ3n) is 4.31. The molecule has 1 amide bonds. The summed E-state index contributed by atoms with van der Waals surface area (Å²) in [4.78, 5) is 12.0. The Bertz CT molecular complexity index is 303. The van der Waals surface area contributed by atoms with E-state index in [1.54, 1.807) is 6.92 Å². The molecular weight excluding hydrogens is 288 g/mol. The Kier molecular flexibility index (Phi) is 9.50. The summed E-state index contributed by atoms with van der Waals surface area (Å²) in [5.41, 5.74) is -0.0537. The zero-order valence-electron chi connectivity index (χ0n) is 13.9. The molecule has 0 bridgehead atoms. The molecule has 5 heteroatoms. The van der Waals surface area contributed by atoms with Crippen LogP contribution in [0.25, 0.3) is 0 Å². The van der Waals surface area contributed by atoms with Crippen LogP contribution in [0.2, 0.25) is 0 Å². The molecule has 126 valence electrons. The third kappa shape index (κ3) is 8.64. The van der Waals surface area contributed by atoms with E-state index >= 15 is 0 Å². The van der Waals surface area contributed by atoms with E-state index in [2.05, 4.69) is 31.4 Å². The molecule has 1 fully saturated rings. The minimum Gasteiger partial charge on any atom is -0.393 e. The van der Waals surface area contributed by atoms with Crippen LogP contribution in [0.5, 0.6) is 0 Å². The van der Waals surface area contributed by atoms with Crippen LogP contribution < -0.4 is 10.6 Å². The van der Waals surface area contributed by atoms with Crippen molar-refractivity contribution in [1.29, 1.82) is 0 Å². The molecule has 1 aliphatic rings. The predicted molar refractivity (Wildman–Crippen MR) is 89.7 cm³/mol. The number of hydrogen-bond donors (Lipinski definition) is 3. The first-order chi connectivity index (χ1) is 9.30. The van der Waals surface area contributed by atoms with Crippen molar-refractivity contribution in [2.45, 2.75) is 59.5 Å². The van der Waals surface area contributed by atoms with E-state index in [9.17, 15) is 9.90 Å². The maximum Gasteiger partial charge on any atom is 0.220 e. The van der Waals surface area contributed by atoms with Gasteiger partial charge in [0.25, 0.3) is 0 Å². The van der Waals surface area contributed by atoms with E-state index in [1.807, 2.05) is 0 Å². The summed E-state index contributed by atoms with van der Waals surface area (Å²) in [7, 11) is 0. The highest BCUT2D eigenvalue weighted by Gasteiger charge is 2.24. The Hall–Kier alpha value is -0.320. The highest BCUT2D eigenvalue weighted by atomic mass is 35.5. The van der Waals surface area contributed by atoms with Crippen molar-refractivity contribution in [2.75, 3.05) is 19.6 Å². The first-order valence-electron chi connectivity index (χ1n) is 7.95. The lowest BCUT2D eigenvalue weighted by atomic mass is 9.83. The second-order valence-electron chi connectivity index (χ2n) is 7.26. The molecule has 0 spiro atoms. The first-order valence-corrected chi connectivity index (χ1v) is 7.95. The quantitative estimate of drug-likeness (QED) is 0.675.